The van der Waals surface area contributed by atoms with Crippen LogP contribution in [0.15, 0.2) is 60.2 Å². The number of methoxy groups -OCH3 is 1. The van der Waals surface area contributed by atoms with E-state index in [1.54, 1.807) is 31.2 Å². The Bertz CT molecular complexity index is 688. The first-order chi connectivity index (χ1) is 10.6. The number of anilines is 1. The van der Waals surface area contributed by atoms with Gasteiger partial charge in [-0.25, -0.2) is 4.79 Å². The van der Waals surface area contributed by atoms with Crippen LogP contribution in [-0.2, 0) is 9.53 Å². The molecule has 2 rings (SSSR count). The second-order valence-corrected chi connectivity index (χ2v) is 4.76. The minimum Gasteiger partial charge on any atom is -0.465 e. The molecule has 0 atom stereocenters. The number of hydrogen-bond donors (Lipinski definition) is 1. The van der Waals surface area contributed by atoms with Crippen LogP contribution in [0.2, 0.25) is 0 Å². The van der Waals surface area contributed by atoms with Crippen LogP contribution in [0.25, 0.3) is 6.08 Å². The van der Waals surface area contributed by atoms with Gasteiger partial charge in [0.25, 0.3) is 5.91 Å². The van der Waals surface area contributed by atoms with Gasteiger partial charge in [-0.3, -0.25) is 4.79 Å². The highest BCUT2D eigenvalue weighted by molar-refractivity contribution is 6.06. The normalized spacial score (nSPS) is 10.9. The predicted octanol–water partition coefficient (Wildman–Crippen LogP) is 3.52. The van der Waals surface area contributed by atoms with Crippen molar-refractivity contribution in [3.8, 4) is 0 Å². The average Bonchev–Trinajstić information content (AvgIpc) is 2.55. The lowest BCUT2D eigenvalue weighted by Crippen LogP contribution is -2.12. The van der Waals surface area contributed by atoms with Crippen LogP contribution < -0.4 is 5.32 Å². The summed E-state index contributed by atoms with van der Waals surface area (Å²) in [4.78, 5) is 23.5. The van der Waals surface area contributed by atoms with Crippen LogP contribution in [0.1, 0.15) is 22.8 Å². The highest BCUT2D eigenvalue weighted by Gasteiger charge is 2.07. The Morgan fingerprint density at radius 1 is 1.00 bits per heavy atom. The van der Waals surface area contributed by atoms with Crippen LogP contribution in [0, 0.1) is 0 Å². The van der Waals surface area contributed by atoms with Crippen molar-refractivity contribution in [1.82, 2.24) is 0 Å². The Morgan fingerprint density at radius 3 is 2.23 bits per heavy atom. The molecule has 0 aliphatic carbocycles. The molecule has 0 heterocycles. The second kappa shape index (κ2) is 7.22. The molecule has 1 amide bonds. The molecule has 0 bridgehead atoms. The summed E-state index contributed by atoms with van der Waals surface area (Å²) in [6, 6.07) is 16.2. The van der Waals surface area contributed by atoms with E-state index in [0.29, 0.717) is 16.8 Å². The number of rotatable bonds is 4. The van der Waals surface area contributed by atoms with Crippen molar-refractivity contribution in [2.45, 2.75) is 6.92 Å². The third-order valence-electron chi connectivity index (χ3n) is 3.10. The van der Waals surface area contributed by atoms with Crippen LogP contribution in [0.4, 0.5) is 5.69 Å². The number of hydrogen-bond acceptors (Lipinski definition) is 3. The lowest BCUT2D eigenvalue weighted by molar-refractivity contribution is -0.112. The molecule has 0 aliphatic rings. The number of amides is 1. The van der Waals surface area contributed by atoms with Gasteiger partial charge < -0.3 is 10.1 Å². The summed E-state index contributed by atoms with van der Waals surface area (Å²) < 4.78 is 4.63. The van der Waals surface area contributed by atoms with E-state index in [9.17, 15) is 9.59 Å². The zero-order valence-electron chi connectivity index (χ0n) is 12.5. The summed E-state index contributed by atoms with van der Waals surface area (Å²) in [7, 11) is 1.33. The second-order valence-electron chi connectivity index (χ2n) is 4.76. The lowest BCUT2D eigenvalue weighted by atomic mass is 10.1. The largest absolute Gasteiger partial charge is 0.465 e. The summed E-state index contributed by atoms with van der Waals surface area (Å²) >= 11 is 0. The van der Waals surface area contributed by atoms with Crippen LogP contribution in [-0.4, -0.2) is 19.0 Å². The zero-order valence-corrected chi connectivity index (χ0v) is 12.5. The molecule has 0 saturated carbocycles. The summed E-state index contributed by atoms with van der Waals surface area (Å²) in [5.74, 6) is -0.590. The third kappa shape index (κ3) is 4.06. The van der Waals surface area contributed by atoms with Gasteiger partial charge in [-0.15, -0.1) is 0 Å². The summed E-state index contributed by atoms with van der Waals surface area (Å²) in [6.07, 6.45) is 1.82. The summed E-state index contributed by atoms with van der Waals surface area (Å²) in [5.41, 5.74) is 2.63. The molecular formula is C18H17NO3. The molecule has 22 heavy (non-hydrogen) atoms. The maximum atomic E-state index is 12.1. The quantitative estimate of drug-likeness (QED) is 0.693. The van der Waals surface area contributed by atoms with Gasteiger partial charge in [-0.05, 0) is 42.8 Å². The summed E-state index contributed by atoms with van der Waals surface area (Å²) in [6.45, 7) is 1.76. The van der Waals surface area contributed by atoms with E-state index in [4.69, 9.17) is 0 Å². The van der Waals surface area contributed by atoms with E-state index in [-0.39, 0.29) is 5.91 Å². The monoisotopic (exact) mass is 295 g/mol. The fraction of sp³-hybridized carbons (Fsp3) is 0.111. The van der Waals surface area contributed by atoms with Gasteiger partial charge in [0.05, 0.1) is 12.7 Å². The van der Waals surface area contributed by atoms with Crippen LogP contribution in [0.5, 0.6) is 0 Å². The minimum absolute atomic E-state index is 0.185. The summed E-state index contributed by atoms with van der Waals surface area (Å²) in [5, 5.41) is 2.79. The SMILES string of the molecule is COC(=O)c1ccc(NC(=O)/C(C)=C\c2ccccc2)cc1. The predicted molar refractivity (Wildman–Crippen MR) is 86.5 cm³/mol. The molecule has 0 spiro atoms. The van der Waals surface area contributed by atoms with Gasteiger partial charge in [0.1, 0.15) is 0 Å². The van der Waals surface area contributed by atoms with Crippen molar-refractivity contribution in [3.05, 3.63) is 71.3 Å². The first-order valence-electron chi connectivity index (χ1n) is 6.83. The van der Waals surface area contributed by atoms with Crippen molar-refractivity contribution >= 4 is 23.6 Å². The molecule has 0 saturated heterocycles. The number of nitrogens with one attached hydrogen (secondary N) is 1. The van der Waals surface area contributed by atoms with E-state index >= 15 is 0 Å². The van der Waals surface area contributed by atoms with Crippen LogP contribution >= 0.6 is 0 Å². The van der Waals surface area contributed by atoms with Crippen molar-refractivity contribution in [2.75, 3.05) is 12.4 Å². The smallest absolute Gasteiger partial charge is 0.337 e. The van der Waals surface area contributed by atoms with Gasteiger partial charge in [0, 0.05) is 11.3 Å². The number of carbonyl (C=O) groups is 2. The molecule has 1 N–H and O–H groups in total. The maximum Gasteiger partial charge on any atom is 0.337 e. The Hall–Kier alpha value is -2.88. The average molecular weight is 295 g/mol. The van der Waals surface area contributed by atoms with Gasteiger partial charge in [0.2, 0.25) is 0 Å². The van der Waals surface area contributed by atoms with Gasteiger partial charge in [-0.1, -0.05) is 30.3 Å². The molecule has 4 nitrogen and oxygen atoms in total. The number of ether oxygens (including phenoxy) is 1. The van der Waals surface area contributed by atoms with E-state index in [0.717, 1.165) is 5.56 Å². The van der Waals surface area contributed by atoms with Gasteiger partial charge >= 0.3 is 5.97 Å². The van der Waals surface area contributed by atoms with E-state index < -0.39 is 5.97 Å². The number of carbonyl (C=O) groups excluding carboxylic acids is 2. The van der Waals surface area contributed by atoms with E-state index in [1.165, 1.54) is 7.11 Å². The standard InChI is InChI=1S/C18H17NO3/c1-13(12-14-6-4-3-5-7-14)17(20)19-16-10-8-15(9-11-16)18(21)22-2/h3-12H,1-2H3,(H,19,20)/b13-12-. The molecule has 112 valence electrons. The Morgan fingerprint density at radius 2 is 1.64 bits per heavy atom. The molecule has 0 radical (unpaired) electrons. The van der Waals surface area contributed by atoms with Crippen molar-refractivity contribution in [2.24, 2.45) is 0 Å². The highest BCUT2D eigenvalue weighted by atomic mass is 16.5. The molecule has 4 heteroatoms. The maximum absolute atomic E-state index is 12.1. The highest BCUT2D eigenvalue weighted by Crippen LogP contribution is 2.13. The third-order valence-corrected chi connectivity index (χ3v) is 3.10. The van der Waals surface area contributed by atoms with E-state index in [1.807, 2.05) is 36.4 Å². The molecule has 0 unspecified atom stereocenters. The first kappa shape index (κ1) is 15.5. The van der Waals surface area contributed by atoms with Crippen LogP contribution in [0.3, 0.4) is 0 Å². The molecule has 0 fully saturated rings. The number of esters is 1. The minimum atomic E-state index is -0.405. The van der Waals surface area contributed by atoms with Crippen molar-refractivity contribution in [1.29, 1.82) is 0 Å². The molecule has 0 aromatic heterocycles. The topological polar surface area (TPSA) is 55.4 Å². The van der Waals surface area contributed by atoms with Gasteiger partial charge in [0.15, 0.2) is 0 Å². The Balaban J connectivity index is 2.05. The Labute approximate surface area is 129 Å². The number of benzene rings is 2. The van der Waals surface area contributed by atoms with Crippen molar-refractivity contribution in [3.63, 3.8) is 0 Å². The molecule has 2 aromatic rings. The van der Waals surface area contributed by atoms with Crippen molar-refractivity contribution < 1.29 is 14.3 Å². The molecule has 0 aliphatic heterocycles. The molecular weight excluding hydrogens is 278 g/mol. The fourth-order valence-electron chi connectivity index (χ4n) is 1.90. The van der Waals surface area contributed by atoms with E-state index in [2.05, 4.69) is 10.1 Å². The van der Waals surface area contributed by atoms with Gasteiger partial charge in [-0.2, -0.15) is 0 Å². The fourth-order valence-corrected chi connectivity index (χ4v) is 1.90. The Kier molecular flexibility index (Phi) is 5.09. The first-order valence-corrected chi connectivity index (χ1v) is 6.83. The molecule has 2 aromatic carbocycles. The zero-order chi connectivity index (χ0) is 15.9. The lowest BCUT2D eigenvalue weighted by Gasteiger charge is -2.06.